The van der Waals surface area contributed by atoms with Crippen molar-refractivity contribution in [3.63, 3.8) is 0 Å². The predicted molar refractivity (Wildman–Crippen MR) is 206 cm³/mol. The van der Waals surface area contributed by atoms with Crippen LogP contribution in [-0.2, 0) is 5.41 Å². The van der Waals surface area contributed by atoms with Gasteiger partial charge in [-0.05, 0) is 51.1 Å². The minimum absolute atomic E-state index is 0.653. The molecule has 1 aliphatic rings. The molecule has 3 nitrogen and oxygen atoms in total. The van der Waals surface area contributed by atoms with Gasteiger partial charge in [-0.1, -0.05) is 164 Å². The molecule has 1 aliphatic carbocycles. The highest BCUT2D eigenvalue weighted by Crippen LogP contribution is 2.55. The van der Waals surface area contributed by atoms with Gasteiger partial charge in [0.15, 0.2) is 17.5 Å². The van der Waals surface area contributed by atoms with Gasteiger partial charge in [0.2, 0.25) is 0 Å². The summed E-state index contributed by atoms with van der Waals surface area (Å²) in [5, 5.41) is 2.47. The van der Waals surface area contributed by atoms with Crippen LogP contribution in [0.15, 0.2) is 176 Å². The average molecular weight is 656 g/mol. The molecule has 7 aromatic carbocycles. The predicted octanol–water partition coefficient (Wildman–Crippen LogP) is 11.6. The monoisotopic (exact) mass is 655 g/mol. The first-order chi connectivity index (χ1) is 24.8. The van der Waals surface area contributed by atoms with Gasteiger partial charge in [0.1, 0.15) is 5.41 Å². The first-order valence-electron chi connectivity index (χ1n) is 16.9. The van der Waals surface area contributed by atoms with Crippen LogP contribution in [0.3, 0.4) is 0 Å². The van der Waals surface area contributed by atoms with Gasteiger partial charge in [-0.25, -0.2) is 15.0 Å². The van der Waals surface area contributed by atoms with Crippen molar-refractivity contribution in [1.29, 1.82) is 0 Å². The van der Waals surface area contributed by atoms with E-state index in [-0.39, 0.29) is 0 Å². The largest absolute Gasteiger partial charge is 0.211 e. The van der Waals surface area contributed by atoms with Gasteiger partial charge < -0.3 is 0 Å². The summed E-state index contributed by atoms with van der Waals surface area (Å²) in [6.07, 6.45) is 0. The summed E-state index contributed by atoms with van der Waals surface area (Å²) in [5.74, 6) is 2.04. The minimum Gasteiger partial charge on any atom is -0.211 e. The quantitative estimate of drug-likeness (QED) is 0.185. The molecule has 0 saturated heterocycles. The molecule has 0 atom stereocenters. The standard InChI is InChI=1S/C46H29N3S/c1-3-14-30(15-4-1)31-26-28-32(29-27-31)43-47-44(38-22-13-21-37-36-20-9-12-25-41(36)50-42(37)38)49-45(48-43)46(33-16-5-2-6-17-33)39-23-10-7-18-34(39)35-19-8-11-24-40(35)46/h1-29H. The molecule has 2 aromatic heterocycles. The van der Waals surface area contributed by atoms with Crippen molar-refractivity contribution in [2.24, 2.45) is 0 Å². The van der Waals surface area contributed by atoms with Crippen LogP contribution < -0.4 is 0 Å². The molecule has 0 saturated carbocycles. The Morgan fingerprint density at radius 2 is 0.920 bits per heavy atom. The highest BCUT2D eigenvalue weighted by Gasteiger charge is 2.48. The van der Waals surface area contributed by atoms with E-state index >= 15 is 0 Å². The van der Waals surface area contributed by atoms with Gasteiger partial charge in [-0.15, -0.1) is 11.3 Å². The molecule has 234 valence electrons. The van der Waals surface area contributed by atoms with E-state index in [9.17, 15) is 0 Å². The van der Waals surface area contributed by atoms with Crippen molar-refractivity contribution in [2.45, 2.75) is 5.41 Å². The van der Waals surface area contributed by atoms with Gasteiger partial charge in [0.05, 0.1) is 0 Å². The van der Waals surface area contributed by atoms with E-state index in [1.54, 1.807) is 11.3 Å². The number of rotatable bonds is 5. The van der Waals surface area contributed by atoms with Crippen LogP contribution in [0.4, 0.5) is 0 Å². The van der Waals surface area contributed by atoms with Crippen LogP contribution in [0.5, 0.6) is 0 Å². The van der Waals surface area contributed by atoms with Gasteiger partial charge >= 0.3 is 0 Å². The molecule has 4 heteroatoms. The zero-order valence-electron chi connectivity index (χ0n) is 27.0. The Hall–Kier alpha value is -6.23. The minimum atomic E-state index is -0.751. The smallest absolute Gasteiger partial charge is 0.165 e. The Bertz CT molecular complexity index is 2650. The maximum absolute atomic E-state index is 5.53. The highest BCUT2D eigenvalue weighted by atomic mass is 32.1. The fourth-order valence-electron chi connectivity index (χ4n) is 7.76. The van der Waals surface area contributed by atoms with Gasteiger partial charge in [0, 0.05) is 31.3 Å². The summed E-state index contributed by atoms with van der Waals surface area (Å²) >= 11 is 1.79. The summed E-state index contributed by atoms with van der Waals surface area (Å²) in [6.45, 7) is 0. The van der Waals surface area contributed by atoms with E-state index in [0.29, 0.717) is 17.5 Å². The number of hydrogen-bond acceptors (Lipinski definition) is 4. The Labute approximate surface area is 294 Å². The molecule has 0 radical (unpaired) electrons. The number of fused-ring (bicyclic) bond motifs is 6. The molecular formula is C46H29N3S. The summed E-state index contributed by atoms with van der Waals surface area (Å²) in [4.78, 5) is 16.3. The van der Waals surface area contributed by atoms with E-state index in [2.05, 4.69) is 170 Å². The molecule has 0 bridgehead atoms. The molecular weight excluding hydrogens is 627 g/mol. The van der Waals surface area contributed by atoms with Crippen LogP contribution in [-0.4, -0.2) is 15.0 Å². The lowest BCUT2D eigenvalue weighted by Crippen LogP contribution is -2.31. The lowest BCUT2D eigenvalue weighted by molar-refractivity contribution is 0.692. The molecule has 10 rings (SSSR count). The SMILES string of the molecule is c1ccc(-c2ccc(-c3nc(-c4cccc5c4sc4ccccc45)nc(C4(c5ccccc5)c5ccccc5-c5ccccc54)n3)cc2)cc1. The number of nitrogens with zero attached hydrogens (tertiary/aromatic N) is 3. The molecule has 9 aromatic rings. The average Bonchev–Trinajstić information content (AvgIpc) is 3.73. The van der Waals surface area contributed by atoms with Crippen LogP contribution in [0.25, 0.3) is 65.2 Å². The summed E-state index contributed by atoms with van der Waals surface area (Å²) in [7, 11) is 0. The van der Waals surface area contributed by atoms with Crippen molar-refractivity contribution >= 4 is 31.5 Å². The summed E-state index contributed by atoms with van der Waals surface area (Å²) in [6, 6.07) is 62.3. The van der Waals surface area contributed by atoms with E-state index < -0.39 is 5.41 Å². The Balaban J connectivity index is 1.28. The summed E-state index contributed by atoms with van der Waals surface area (Å²) in [5.41, 5.74) is 9.42. The van der Waals surface area contributed by atoms with Crippen LogP contribution >= 0.6 is 11.3 Å². The van der Waals surface area contributed by atoms with Crippen molar-refractivity contribution in [2.75, 3.05) is 0 Å². The Kier molecular flexibility index (Phi) is 6.58. The van der Waals surface area contributed by atoms with Gasteiger partial charge in [0.25, 0.3) is 0 Å². The molecule has 50 heavy (non-hydrogen) atoms. The zero-order valence-corrected chi connectivity index (χ0v) is 27.8. The normalized spacial score (nSPS) is 13.0. The molecule has 0 amide bonds. The van der Waals surface area contributed by atoms with Gasteiger partial charge in [-0.3, -0.25) is 0 Å². The van der Waals surface area contributed by atoms with Gasteiger partial charge in [-0.2, -0.15) is 0 Å². The van der Waals surface area contributed by atoms with Crippen molar-refractivity contribution < 1.29 is 0 Å². The third-order valence-corrected chi connectivity index (χ3v) is 11.2. The topological polar surface area (TPSA) is 38.7 Å². The molecule has 0 aliphatic heterocycles. The van der Waals surface area contributed by atoms with E-state index in [1.807, 2.05) is 6.07 Å². The number of aromatic nitrogens is 3. The third-order valence-electron chi connectivity index (χ3n) is 10.0. The summed E-state index contributed by atoms with van der Waals surface area (Å²) < 4.78 is 2.43. The van der Waals surface area contributed by atoms with E-state index in [0.717, 1.165) is 22.3 Å². The maximum atomic E-state index is 5.53. The van der Waals surface area contributed by atoms with Crippen LogP contribution in [0, 0.1) is 0 Å². The first-order valence-corrected chi connectivity index (χ1v) is 17.7. The molecule has 0 fully saturated rings. The highest BCUT2D eigenvalue weighted by molar-refractivity contribution is 7.26. The van der Waals surface area contributed by atoms with Crippen molar-refractivity contribution in [3.8, 4) is 45.0 Å². The second-order valence-electron chi connectivity index (χ2n) is 12.7. The van der Waals surface area contributed by atoms with E-state index in [1.165, 1.54) is 48.0 Å². The number of benzene rings is 7. The van der Waals surface area contributed by atoms with Crippen molar-refractivity contribution in [1.82, 2.24) is 15.0 Å². The second-order valence-corrected chi connectivity index (χ2v) is 13.8. The number of hydrogen-bond donors (Lipinski definition) is 0. The lowest BCUT2D eigenvalue weighted by atomic mass is 9.71. The fraction of sp³-hybridized carbons (Fsp3) is 0.0217. The van der Waals surface area contributed by atoms with E-state index in [4.69, 9.17) is 15.0 Å². The molecule has 0 unspecified atom stereocenters. The molecule has 0 N–H and O–H groups in total. The van der Waals surface area contributed by atoms with Crippen LogP contribution in [0.2, 0.25) is 0 Å². The van der Waals surface area contributed by atoms with Crippen molar-refractivity contribution in [3.05, 3.63) is 198 Å². The fourth-order valence-corrected chi connectivity index (χ4v) is 8.97. The number of thiophene rings is 1. The van der Waals surface area contributed by atoms with Crippen LogP contribution in [0.1, 0.15) is 22.5 Å². The molecule has 2 heterocycles. The second kappa shape index (κ2) is 11.4. The Morgan fingerprint density at radius 3 is 1.66 bits per heavy atom. The third kappa shape index (κ3) is 4.32. The molecule has 0 spiro atoms. The lowest BCUT2D eigenvalue weighted by Gasteiger charge is -2.32. The maximum Gasteiger partial charge on any atom is 0.165 e. The Morgan fingerprint density at radius 1 is 0.380 bits per heavy atom. The first kappa shape index (κ1) is 28.8. The zero-order chi connectivity index (χ0) is 33.1.